The van der Waals surface area contributed by atoms with E-state index in [1.54, 1.807) is 0 Å². The highest BCUT2D eigenvalue weighted by molar-refractivity contribution is 5.69. The zero-order valence-electron chi connectivity index (χ0n) is 12.5. The molecule has 3 heteroatoms. The van der Waals surface area contributed by atoms with Crippen molar-refractivity contribution in [1.82, 2.24) is 0 Å². The van der Waals surface area contributed by atoms with E-state index >= 15 is 0 Å². The van der Waals surface area contributed by atoms with Crippen molar-refractivity contribution in [2.75, 3.05) is 7.11 Å². The molecule has 0 heterocycles. The maximum atomic E-state index is 11.1. The average Bonchev–Trinajstić information content (AvgIpc) is 2.46. The van der Waals surface area contributed by atoms with Crippen LogP contribution in [0.1, 0.15) is 51.0 Å². The van der Waals surface area contributed by atoms with E-state index in [4.69, 9.17) is 4.74 Å². The normalized spacial score (nSPS) is 17.5. The van der Waals surface area contributed by atoms with Crippen molar-refractivity contribution in [2.24, 2.45) is 0 Å². The van der Waals surface area contributed by atoms with Crippen LogP contribution in [0.5, 0.6) is 5.75 Å². The lowest BCUT2D eigenvalue weighted by atomic mass is 9.86. The topological polar surface area (TPSA) is 35.5 Å². The smallest absolute Gasteiger partial charge is 0.305 e. The van der Waals surface area contributed by atoms with Crippen LogP contribution in [0.2, 0.25) is 0 Å². The molecule has 0 bridgehead atoms. The predicted octanol–water partition coefficient (Wildman–Crippen LogP) is 3.89. The fourth-order valence-electron chi connectivity index (χ4n) is 2.76. The molecule has 0 amide bonds. The van der Waals surface area contributed by atoms with Gasteiger partial charge >= 0.3 is 5.97 Å². The van der Waals surface area contributed by atoms with E-state index in [0.29, 0.717) is 12.8 Å². The fraction of sp³-hybridized carbons (Fsp3) is 0.588. The van der Waals surface area contributed by atoms with Crippen LogP contribution in [-0.2, 0) is 16.0 Å². The predicted molar refractivity (Wildman–Crippen MR) is 78.9 cm³/mol. The average molecular weight is 276 g/mol. The molecule has 110 valence electrons. The summed E-state index contributed by atoms with van der Waals surface area (Å²) in [5.41, 5.74) is 1.13. The molecule has 1 fully saturated rings. The number of ether oxygens (including phenoxy) is 2. The van der Waals surface area contributed by atoms with E-state index in [9.17, 15) is 4.79 Å². The molecule has 0 aliphatic heterocycles. The number of benzene rings is 1. The van der Waals surface area contributed by atoms with Crippen molar-refractivity contribution in [2.45, 2.75) is 57.5 Å². The number of methoxy groups -OCH3 is 1. The highest BCUT2D eigenvalue weighted by Crippen LogP contribution is 2.32. The number of esters is 1. The summed E-state index contributed by atoms with van der Waals surface area (Å²) < 4.78 is 10.8. The van der Waals surface area contributed by atoms with Gasteiger partial charge in [-0.1, -0.05) is 18.6 Å². The first kappa shape index (κ1) is 14.9. The minimum absolute atomic E-state index is 0.00815. The Balaban J connectivity index is 1.89. The lowest BCUT2D eigenvalue weighted by molar-refractivity contribution is -0.140. The molecule has 0 aromatic heterocycles. The third-order valence-electron chi connectivity index (χ3n) is 4.04. The summed E-state index contributed by atoms with van der Waals surface area (Å²) in [6, 6.07) is 8.08. The van der Waals surface area contributed by atoms with Crippen LogP contribution < -0.4 is 4.74 Å². The molecule has 3 nitrogen and oxygen atoms in total. The van der Waals surface area contributed by atoms with Gasteiger partial charge in [-0.25, -0.2) is 0 Å². The third kappa shape index (κ3) is 4.26. The molecule has 1 aromatic rings. The van der Waals surface area contributed by atoms with Crippen molar-refractivity contribution < 1.29 is 14.3 Å². The van der Waals surface area contributed by atoms with Gasteiger partial charge in [0.15, 0.2) is 0 Å². The third-order valence-corrected chi connectivity index (χ3v) is 4.04. The van der Waals surface area contributed by atoms with Gasteiger partial charge in [0.05, 0.1) is 7.11 Å². The monoisotopic (exact) mass is 276 g/mol. The van der Waals surface area contributed by atoms with E-state index in [2.05, 4.69) is 11.7 Å². The van der Waals surface area contributed by atoms with Crippen LogP contribution >= 0.6 is 0 Å². The van der Waals surface area contributed by atoms with Crippen LogP contribution in [-0.4, -0.2) is 18.7 Å². The van der Waals surface area contributed by atoms with Gasteiger partial charge in [-0.05, 0) is 56.7 Å². The molecule has 1 aliphatic carbocycles. The minimum atomic E-state index is -0.167. The summed E-state index contributed by atoms with van der Waals surface area (Å²) in [6.45, 7) is 2.21. The Morgan fingerprint density at radius 2 is 1.80 bits per heavy atom. The van der Waals surface area contributed by atoms with Crippen LogP contribution in [0.3, 0.4) is 0 Å². The lowest BCUT2D eigenvalue weighted by Crippen LogP contribution is -2.34. The summed E-state index contributed by atoms with van der Waals surface area (Å²) in [4.78, 5) is 11.1. The maximum absolute atomic E-state index is 11.1. The highest BCUT2D eigenvalue weighted by Gasteiger charge is 2.28. The fourth-order valence-corrected chi connectivity index (χ4v) is 2.76. The van der Waals surface area contributed by atoms with Crippen LogP contribution in [0, 0.1) is 0 Å². The highest BCUT2D eigenvalue weighted by atomic mass is 16.5. The molecule has 20 heavy (non-hydrogen) atoms. The zero-order valence-corrected chi connectivity index (χ0v) is 12.5. The minimum Gasteiger partial charge on any atom is -0.488 e. The molecule has 0 N–H and O–H groups in total. The first-order chi connectivity index (χ1) is 9.61. The lowest BCUT2D eigenvalue weighted by Gasteiger charge is -2.34. The summed E-state index contributed by atoms with van der Waals surface area (Å²) in [6.07, 6.45) is 7.25. The second-order valence-corrected chi connectivity index (χ2v) is 5.83. The molecule has 0 spiro atoms. The van der Waals surface area contributed by atoms with Gasteiger partial charge in [-0.2, -0.15) is 0 Å². The molecule has 0 unspecified atom stereocenters. The van der Waals surface area contributed by atoms with E-state index in [1.165, 1.54) is 26.4 Å². The van der Waals surface area contributed by atoms with Crippen molar-refractivity contribution in [1.29, 1.82) is 0 Å². The second kappa shape index (κ2) is 6.78. The summed E-state index contributed by atoms with van der Waals surface area (Å²) in [5, 5.41) is 0. The van der Waals surface area contributed by atoms with Crippen LogP contribution in [0.4, 0.5) is 0 Å². The number of hydrogen-bond donors (Lipinski definition) is 0. The standard InChI is InChI=1S/C17H24O3/c1-17(12-4-3-5-13-17)20-15-9-6-14(7-10-15)8-11-16(18)19-2/h6-7,9-10H,3-5,8,11-13H2,1-2H3. The van der Waals surface area contributed by atoms with E-state index in [0.717, 1.165) is 24.2 Å². The van der Waals surface area contributed by atoms with Crippen LogP contribution in [0.15, 0.2) is 24.3 Å². The Morgan fingerprint density at radius 3 is 2.40 bits per heavy atom. The summed E-state index contributed by atoms with van der Waals surface area (Å²) >= 11 is 0. The molecule has 0 radical (unpaired) electrons. The molecule has 2 rings (SSSR count). The Kier molecular flexibility index (Phi) is 5.05. The van der Waals surface area contributed by atoms with Crippen molar-refractivity contribution in [3.63, 3.8) is 0 Å². The quantitative estimate of drug-likeness (QED) is 0.765. The second-order valence-electron chi connectivity index (χ2n) is 5.83. The first-order valence-corrected chi connectivity index (χ1v) is 7.46. The SMILES string of the molecule is COC(=O)CCc1ccc(OC2(C)CCCCC2)cc1. The molecule has 0 atom stereocenters. The Hall–Kier alpha value is -1.51. The number of hydrogen-bond acceptors (Lipinski definition) is 3. The van der Waals surface area contributed by atoms with Gasteiger partial charge in [0.25, 0.3) is 0 Å². The van der Waals surface area contributed by atoms with Gasteiger partial charge in [0, 0.05) is 6.42 Å². The van der Waals surface area contributed by atoms with Gasteiger partial charge in [-0.3, -0.25) is 4.79 Å². The van der Waals surface area contributed by atoms with Crippen LogP contribution in [0.25, 0.3) is 0 Å². The number of carbonyl (C=O) groups is 1. The van der Waals surface area contributed by atoms with Crippen molar-refractivity contribution >= 4 is 5.97 Å². The van der Waals surface area contributed by atoms with E-state index in [1.807, 2.05) is 24.3 Å². The first-order valence-electron chi connectivity index (χ1n) is 7.46. The van der Waals surface area contributed by atoms with Gasteiger partial charge < -0.3 is 9.47 Å². The Labute approximate surface area is 121 Å². The van der Waals surface area contributed by atoms with E-state index < -0.39 is 0 Å². The van der Waals surface area contributed by atoms with Gasteiger partial charge in [0.1, 0.15) is 11.4 Å². The molecule has 1 saturated carbocycles. The molecular formula is C17H24O3. The number of aryl methyl sites for hydroxylation is 1. The number of carbonyl (C=O) groups excluding carboxylic acids is 1. The van der Waals surface area contributed by atoms with Gasteiger partial charge in [-0.15, -0.1) is 0 Å². The van der Waals surface area contributed by atoms with Gasteiger partial charge in [0.2, 0.25) is 0 Å². The largest absolute Gasteiger partial charge is 0.488 e. The van der Waals surface area contributed by atoms with E-state index in [-0.39, 0.29) is 11.6 Å². The summed E-state index contributed by atoms with van der Waals surface area (Å²) in [5.74, 6) is 0.760. The Bertz CT molecular complexity index is 430. The zero-order chi connectivity index (χ0) is 14.4. The molecular weight excluding hydrogens is 252 g/mol. The molecule has 1 aliphatic rings. The Morgan fingerprint density at radius 1 is 1.15 bits per heavy atom. The molecule has 0 saturated heterocycles. The van der Waals surface area contributed by atoms with Crippen molar-refractivity contribution in [3.8, 4) is 5.75 Å². The van der Waals surface area contributed by atoms with Crippen molar-refractivity contribution in [3.05, 3.63) is 29.8 Å². The maximum Gasteiger partial charge on any atom is 0.305 e. The summed E-state index contributed by atoms with van der Waals surface area (Å²) in [7, 11) is 1.42. The molecule has 1 aromatic carbocycles. The number of rotatable bonds is 5.